The van der Waals surface area contributed by atoms with Gasteiger partial charge in [0.1, 0.15) is 0 Å². The molecule has 0 aromatic carbocycles. The van der Waals surface area contributed by atoms with Crippen LogP contribution in [0.5, 0.6) is 0 Å². The highest BCUT2D eigenvalue weighted by atomic mass is 16.2. The Hall–Kier alpha value is -0.0800. The van der Waals surface area contributed by atoms with Crippen LogP contribution in [0.1, 0.15) is 52.9 Å². The number of aliphatic hydroxyl groups excluding tert-OH is 1. The summed E-state index contributed by atoms with van der Waals surface area (Å²) in [6.45, 7) is 8.25. The molecule has 0 saturated heterocycles. The summed E-state index contributed by atoms with van der Waals surface area (Å²) in [4.78, 5) is 0. The third-order valence-corrected chi connectivity index (χ3v) is 2.40. The topological polar surface area (TPSA) is 32.3 Å². The number of aliphatic hydroxyl groups is 1. The molecule has 14 heavy (non-hydrogen) atoms. The molecule has 2 N–H and O–H groups in total. The van der Waals surface area contributed by atoms with Gasteiger partial charge in [-0.1, -0.05) is 26.7 Å². The van der Waals surface area contributed by atoms with Crippen molar-refractivity contribution in [2.45, 2.75) is 58.9 Å². The van der Waals surface area contributed by atoms with Crippen molar-refractivity contribution >= 4 is 0 Å². The van der Waals surface area contributed by atoms with Gasteiger partial charge in [-0.15, -0.1) is 0 Å². The Bertz CT molecular complexity index is 115. The molecule has 0 heterocycles. The van der Waals surface area contributed by atoms with E-state index in [1.54, 1.807) is 0 Å². The minimum Gasteiger partial charge on any atom is -0.396 e. The predicted octanol–water partition coefficient (Wildman–Crippen LogP) is 2.56. The quantitative estimate of drug-likeness (QED) is 0.562. The summed E-state index contributed by atoms with van der Waals surface area (Å²) >= 11 is 0. The Kier molecular flexibility index (Phi) is 9.42. The molecule has 86 valence electrons. The first-order valence-corrected chi connectivity index (χ1v) is 6.01. The second-order valence-corrected chi connectivity index (χ2v) is 4.62. The maximum atomic E-state index is 8.59. The van der Waals surface area contributed by atoms with Crippen molar-refractivity contribution in [1.29, 1.82) is 0 Å². The minimum atomic E-state index is 0.344. The normalized spacial score (nSPS) is 13.5. The molecule has 0 radical (unpaired) electrons. The van der Waals surface area contributed by atoms with E-state index in [-0.39, 0.29) is 0 Å². The third-order valence-electron chi connectivity index (χ3n) is 2.40. The van der Waals surface area contributed by atoms with E-state index >= 15 is 0 Å². The van der Waals surface area contributed by atoms with Gasteiger partial charge in [0.2, 0.25) is 0 Å². The molecule has 0 saturated carbocycles. The van der Waals surface area contributed by atoms with Crippen molar-refractivity contribution in [3.05, 3.63) is 0 Å². The molecule has 0 aliphatic rings. The van der Waals surface area contributed by atoms with Crippen molar-refractivity contribution in [3.8, 4) is 0 Å². The fourth-order valence-electron chi connectivity index (χ4n) is 1.73. The van der Waals surface area contributed by atoms with Gasteiger partial charge in [-0.25, -0.2) is 0 Å². The van der Waals surface area contributed by atoms with E-state index in [2.05, 4.69) is 26.1 Å². The zero-order chi connectivity index (χ0) is 10.8. The summed E-state index contributed by atoms with van der Waals surface area (Å²) in [5, 5.41) is 12.1. The highest BCUT2D eigenvalue weighted by Gasteiger charge is 2.02. The van der Waals surface area contributed by atoms with Gasteiger partial charge in [-0.3, -0.25) is 0 Å². The first-order chi connectivity index (χ1) is 6.66. The van der Waals surface area contributed by atoms with Crippen LogP contribution in [-0.4, -0.2) is 24.3 Å². The van der Waals surface area contributed by atoms with Gasteiger partial charge in [0, 0.05) is 12.6 Å². The Balaban J connectivity index is 3.10. The second-order valence-electron chi connectivity index (χ2n) is 4.62. The lowest BCUT2D eigenvalue weighted by Crippen LogP contribution is -2.28. The monoisotopic (exact) mass is 201 g/mol. The van der Waals surface area contributed by atoms with Crippen molar-refractivity contribution in [2.24, 2.45) is 5.92 Å². The Morgan fingerprint density at radius 2 is 1.64 bits per heavy atom. The molecule has 0 aliphatic carbocycles. The molecule has 1 atom stereocenters. The number of unbranched alkanes of at least 4 members (excludes halogenated alkanes) is 3. The molecule has 0 fully saturated rings. The summed E-state index contributed by atoms with van der Waals surface area (Å²) in [5.74, 6) is 0.784. The molecule has 0 aliphatic heterocycles. The molecule has 0 aromatic heterocycles. The van der Waals surface area contributed by atoms with Crippen molar-refractivity contribution < 1.29 is 5.11 Å². The average Bonchev–Trinajstić information content (AvgIpc) is 2.10. The molecule has 0 spiro atoms. The van der Waals surface area contributed by atoms with E-state index in [0.29, 0.717) is 12.6 Å². The van der Waals surface area contributed by atoms with Crippen LogP contribution in [0.4, 0.5) is 0 Å². The lowest BCUT2D eigenvalue weighted by molar-refractivity contribution is 0.282. The largest absolute Gasteiger partial charge is 0.396 e. The fourth-order valence-corrected chi connectivity index (χ4v) is 1.73. The van der Waals surface area contributed by atoms with E-state index in [4.69, 9.17) is 5.11 Å². The maximum Gasteiger partial charge on any atom is 0.0431 e. The molecule has 0 bridgehead atoms. The maximum absolute atomic E-state index is 8.59. The van der Waals surface area contributed by atoms with Crippen molar-refractivity contribution in [2.75, 3.05) is 13.2 Å². The zero-order valence-electron chi connectivity index (χ0n) is 10.1. The van der Waals surface area contributed by atoms with Crippen LogP contribution in [0.2, 0.25) is 0 Å². The van der Waals surface area contributed by atoms with Gasteiger partial charge >= 0.3 is 0 Å². The molecule has 0 rings (SSSR count). The summed E-state index contributed by atoms with van der Waals surface area (Å²) in [5.41, 5.74) is 0. The van der Waals surface area contributed by atoms with Gasteiger partial charge in [0.05, 0.1) is 0 Å². The number of hydrogen-bond acceptors (Lipinski definition) is 2. The second kappa shape index (κ2) is 9.47. The van der Waals surface area contributed by atoms with Crippen LogP contribution in [-0.2, 0) is 0 Å². The SMILES string of the molecule is CC(C)CC(C)NCCCCCCO. The summed E-state index contributed by atoms with van der Waals surface area (Å²) < 4.78 is 0. The lowest BCUT2D eigenvalue weighted by Gasteiger charge is -2.15. The molecular formula is C12H27NO. The highest BCUT2D eigenvalue weighted by molar-refractivity contribution is 4.62. The number of hydrogen-bond donors (Lipinski definition) is 2. The predicted molar refractivity (Wildman–Crippen MR) is 62.5 cm³/mol. The van der Waals surface area contributed by atoms with Crippen LogP contribution < -0.4 is 5.32 Å². The smallest absolute Gasteiger partial charge is 0.0431 e. The van der Waals surface area contributed by atoms with Crippen LogP contribution in [0, 0.1) is 5.92 Å². The highest BCUT2D eigenvalue weighted by Crippen LogP contribution is 2.04. The van der Waals surface area contributed by atoms with Gasteiger partial charge in [0.25, 0.3) is 0 Å². The van der Waals surface area contributed by atoms with Crippen LogP contribution >= 0.6 is 0 Å². The standard InChI is InChI=1S/C12H27NO/c1-11(2)10-12(3)13-8-6-4-5-7-9-14/h11-14H,4-10H2,1-3H3. The Morgan fingerprint density at radius 1 is 1.00 bits per heavy atom. The molecular weight excluding hydrogens is 174 g/mol. The lowest BCUT2D eigenvalue weighted by atomic mass is 10.1. The van der Waals surface area contributed by atoms with Crippen LogP contribution in [0.25, 0.3) is 0 Å². The third kappa shape index (κ3) is 10.0. The van der Waals surface area contributed by atoms with Crippen LogP contribution in [0.15, 0.2) is 0 Å². The van der Waals surface area contributed by atoms with E-state index in [1.165, 1.54) is 19.3 Å². The Labute approximate surface area is 89.1 Å². The van der Waals surface area contributed by atoms with Crippen LogP contribution in [0.3, 0.4) is 0 Å². The van der Waals surface area contributed by atoms with Crippen molar-refractivity contribution in [3.63, 3.8) is 0 Å². The zero-order valence-corrected chi connectivity index (χ0v) is 10.1. The van der Waals surface area contributed by atoms with Gasteiger partial charge in [0.15, 0.2) is 0 Å². The molecule has 0 aromatic rings. The van der Waals surface area contributed by atoms with E-state index in [0.717, 1.165) is 25.3 Å². The fraction of sp³-hybridized carbons (Fsp3) is 1.00. The average molecular weight is 201 g/mol. The molecule has 2 nitrogen and oxygen atoms in total. The minimum absolute atomic E-state index is 0.344. The number of rotatable bonds is 9. The molecule has 0 amide bonds. The summed E-state index contributed by atoms with van der Waals surface area (Å²) in [6.07, 6.45) is 5.86. The first-order valence-electron chi connectivity index (χ1n) is 6.01. The van der Waals surface area contributed by atoms with Crippen molar-refractivity contribution in [1.82, 2.24) is 5.32 Å². The summed E-state index contributed by atoms with van der Waals surface area (Å²) in [7, 11) is 0. The van der Waals surface area contributed by atoms with E-state index in [9.17, 15) is 0 Å². The summed E-state index contributed by atoms with van der Waals surface area (Å²) in [6, 6.07) is 0.646. The van der Waals surface area contributed by atoms with Gasteiger partial charge in [-0.05, 0) is 38.6 Å². The molecule has 2 heteroatoms. The van der Waals surface area contributed by atoms with Gasteiger partial charge < -0.3 is 10.4 Å². The van der Waals surface area contributed by atoms with Gasteiger partial charge in [-0.2, -0.15) is 0 Å². The number of nitrogens with one attached hydrogen (secondary N) is 1. The molecule has 1 unspecified atom stereocenters. The van der Waals surface area contributed by atoms with E-state index < -0.39 is 0 Å². The van der Waals surface area contributed by atoms with E-state index in [1.807, 2.05) is 0 Å². The Morgan fingerprint density at radius 3 is 2.21 bits per heavy atom. The first kappa shape index (κ1) is 13.9.